The van der Waals surface area contributed by atoms with E-state index in [1.807, 2.05) is 0 Å². The van der Waals surface area contributed by atoms with Crippen LogP contribution in [-0.4, -0.2) is 18.6 Å². The number of nitrogens with one attached hydrogen (secondary N) is 1. The van der Waals surface area contributed by atoms with Crippen LogP contribution >= 0.6 is 0 Å². The average molecular weight is 182 g/mol. The fraction of sp³-hybridized carbons (Fsp3) is 1.00. The third-order valence-electron chi connectivity index (χ3n) is 4.03. The Morgan fingerprint density at radius 1 is 1.15 bits per heavy atom. The van der Waals surface area contributed by atoms with Crippen molar-refractivity contribution in [3.63, 3.8) is 0 Å². The van der Waals surface area contributed by atoms with Gasteiger partial charge in [0.15, 0.2) is 0 Å². The molecule has 76 valence electrons. The number of hydrogen-bond acceptors (Lipinski definition) is 2. The molecular weight excluding hydrogens is 160 g/mol. The first-order valence-electron chi connectivity index (χ1n) is 5.82. The van der Waals surface area contributed by atoms with E-state index in [-0.39, 0.29) is 0 Å². The minimum Gasteiger partial charge on any atom is -0.330 e. The summed E-state index contributed by atoms with van der Waals surface area (Å²) >= 11 is 0. The van der Waals surface area contributed by atoms with E-state index in [2.05, 4.69) is 5.32 Å². The molecule has 2 nitrogen and oxygen atoms in total. The van der Waals surface area contributed by atoms with E-state index < -0.39 is 0 Å². The lowest BCUT2D eigenvalue weighted by molar-refractivity contribution is 0.247. The van der Waals surface area contributed by atoms with Crippen LogP contribution in [0, 0.1) is 5.92 Å². The summed E-state index contributed by atoms with van der Waals surface area (Å²) in [5.41, 5.74) is 6.30. The van der Waals surface area contributed by atoms with Crippen LogP contribution in [0.5, 0.6) is 0 Å². The number of nitrogens with two attached hydrogens (primary N) is 1. The zero-order chi connectivity index (χ0) is 9.15. The minimum absolute atomic E-state index is 0.450. The van der Waals surface area contributed by atoms with Gasteiger partial charge in [-0.05, 0) is 38.3 Å². The van der Waals surface area contributed by atoms with Gasteiger partial charge in [-0.1, -0.05) is 25.7 Å². The van der Waals surface area contributed by atoms with Crippen molar-refractivity contribution in [2.24, 2.45) is 11.7 Å². The van der Waals surface area contributed by atoms with Gasteiger partial charge in [0, 0.05) is 5.54 Å². The van der Waals surface area contributed by atoms with Crippen LogP contribution in [-0.2, 0) is 0 Å². The maximum Gasteiger partial charge on any atom is 0.0222 e. The first kappa shape index (κ1) is 9.47. The van der Waals surface area contributed by atoms with Crippen molar-refractivity contribution in [1.29, 1.82) is 0 Å². The fourth-order valence-corrected chi connectivity index (χ4v) is 3.20. The molecule has 1 saturated heterocycles. The fourth-order valence-electron chi connectivity index (χ4n) is 3.20. The highest BCUT2D eigenvalue weighted by Gasteiger charge is 2.41. The summed E-state index contributed by atoms with van der Waals surface area (Å²) in [7, 11) is 0. The third kappa shape index (κ3) is 1.75. The Labute approximate surface area is 81.3 Å². The Kier molecular flexibility index (Phi) is 2.89. The molecule has 0 aromatic rings. The van der Waals surface area contributed by atoms with Crippen LogP contribution in [0.2, 0.25) is 0 Å². The molecule has 1 saturated carbocycles. The molecule has 1 heterocycles. The molecule has 1 atom stereocenters. The molecule has 1 aliphatic carbocycles. The first-order chi connectivity index (χ1) is 6.37. The Morgan fingerprint density at radius 2 is 1.85 bits per heavy atom. The molecule has 13 heavy (non-hydrogen) atoms. The van der Waals surface area contributed by atoms with Crippen molar-refractivity contribution in [2.45, 2.75) is 50.5 Å². The van der Waals surface area contributed by atoms with Crippen LogP contribution in [0.1, 0.15) is 44.9 Å². The second-order valence-corrected chi connectivity index (χ2v) is 4.72. The molecule has 0 aromatic heterocycles. The Morgan fingerprint density at radius 3 is 2.46 bits per heavy atom. The molecule has 1 aliphatic heterocycles. The van der Waals surface area contributed by atoms with Crippen molar-refractivity contribution in [1.82, 2.24) is 5.32 Å². The maximum atomic E-state index is 5.85. The normalized spacial score (nSPS) is 33.5. The van der Waals surface area contributed by atoms with Gasteiger partial charge in [0.05, 0.1) is 0 Å². The highest BCUT2D eigenvalue weighted by atomic mass is 15.0. The van der Waals surface area contributed by atoms with Gasteiger partial charge in [-0.2, -0.15) is 0 Å². The molecule has 0 radical (unpaired) electrons. The van der Waals surface area contributed by atoms with Crippen molar-refractivity contribution >= 4 is 0 Å². The van der Waals surface area contributed by atoms with E-state index in [0.717, 1.165) is 12.5 Å². The van der Waals surface area contributed by atoms with E-state index in [4.69, 9.17) is 5.73 Å². The quantitative estimate of drug-likeness (QED) is 0.647. The van der Waals surface area contributed by atoms with Crippen molar-refractivity contribution in [3.8, 4) is 0 Å². The van der Waals surface area contributed by atoms with Gasteiger partial charge >= 0.3 is 0 Å². The summed E-state index contributed by atoms with van der Waals surface area (Å²) < 4.78 is 0. The highest BCUT2D eigenvalue weighted by Crippen LogP contribution is 2.37. The summed E-state index contributed by atoms with van der Waals surface area (Å²) in [4.78, 5) is 0. The summed E-state index contributed by atoms with van der Waals surface area (Å²) in [6, 6.07) is 0. The average Bonchev–Trinajstić information content (AvgIpc) is 2.37. The molecule has 0 bridgehead atoms. The predicted molar refractivity (Wildman–Crippen MR) is 55.6 cm³/mol. The highest BCUT2D eigenvalue weighted by molar-refractivity contribution is 5.00. The van der Waals surface area contributed by atoms with Gasteiger partial charge in [-0.15, -0.1) is 0 Å². The van der Waals surface area contributed by atoms with Gasteiger partial charge in [-0.3, -0.25) is 0 Å². The molecule has 0 amide bonds. The van der Waals surface area contributed by atoms with Gasteiger partial charge in [0.1, 0.15) is 0 Å². The molecule has 1 unspecified atom stereocenters. The van der Waals surface area contributed by atoms with Crippen LogP contribution in [0.3, 0.4) is 0 Å². The number of rotatable bonds is 1. The second kappa shape index (κ2) is 3.97. The lowest BCUT2D eigenvalue weighted by Crippen LogP contribution is -2.46. The molecule has 0 aromatic carbocycles. The van der Waals surface area contributed by atoms with Crippen molar-refractivity contribution in [3.05, 3.63) is 0 Å². The second-order valence-electron chi connectivity index (χ2n) is 4.72. The third-order valence-corrected chi connectivity index (χ3v) is 4.03. The SMILES string of the molecule is NCC1CCNC12CCCCCC2. The van der Waals surface area contributed by atoms with Gasteiger partial charge in [-0.25, -0.2) is 0 Å². The number of hydrogen-bond donors (Lipinski definition) is 2. The van der Waals surface area contributed by atoms with Crippen LogP contribution in [0.15, 0.2) is 0 Å². The Hall–Kier alpha value is -0.0800. The van der Waals surface area contributed by atoms with E-state index in [9.17, 15) is 0 Å². The monoisotopic (exact) mass is 182 g/mol. The molecule has 3 N–H and O–H groups in total. The summed E-state index contributed by atoms with van der Waals surface area (Å²) in [5, 5.41) is 3.73. The topological polar surface area (TPSA) is 38.0 Å². The van der Waals surface area contributed by atoms with Crippen molar-refractivity contribution in [2.75, 3.05) is 13.1 Å². The molecule has 1 spiro atoms. The van der Waals surface area contributed by atoms with Crippen LogP contribution in [0.25, 0.3) is 0 Å². The predicted octanol–water partition coefficient (Wildman–Crippen LogP) is 1.65. The van der Waals surface area contributed by atoms with E-state index in [0.29, 0.717) is 5.54 Å². The zero-order valence-electron chi connectivity index (χ0n) is 8.52. The molecule has 2 heteroatoms. The lowest BCUT2D eigenvalue weighted by Gasteiger charge is -2.34. The van der Waals surface area contributed by atoms with Crippen LogP contribution < -0.4 is 11.1 Å². The Balaban J connectivity index is 2.06. The zero-order valence-corrected chi connectivity index (χ0v) is 8.52. The smallest absolute Gasteiger partial charge is 0.0222 e. The van der Waals surface area contributed by atoms with E-state index in [1.165, 1.54) is 51.5 Å². The first-order valence-corrected chi connectivity index (χ1v) is 5.82. The summed E-state index contributed by atoms with van der Waals surface area (Å²) in [5.74, 6) is 0.755. The molecule has 2 rings (SSSR count). The van der Waals surface area contributed by atoms with Gasteiger partial charge < -0.3 is 11.1 Å². The lowest BCUT2D eigenvalue weighted by atomic mass is 9.79. The van der Waals surface area contributed by atoms with Gasteiger partial charge in [0.2, 0.25) is 0 Å². The molecule has 2 fully saturated rings. The maximum absolute atomic E-state index is 5.85. The molecular formula is C11H22N2. The van der Waals surface area contributed by atoms with E-state index >= 15 is 0 Å². The van der Waals surface area contributed by atoms with Gasteiger partial charge in [0.25, 0.3) is 0 Å². The van der Waals surface area contributed by atoms with Crippen LogP contribution in [0.4, 0.5) is 0 Å². The molecule has 2 aliphatic rings. The van der Waals surface area contributed by atoms with Crippen molar-refractivity contribution < 1.29 is 0 Å². The summed E-state index contributed by atoms with van der Waals surface area (Å²) in [6.07, 6.45) is 9.72. The Bertz CT molecular complexity index is 159. The minimum atomic E-state index is 0.450. The van der Waals surface area contributed by atoms with E-state index in [1.54, 1.807) is 0 Å². The standard InChI is InChI=1S/C11H22N2/c12-9-10-5-8-13-11(10)6-3-1-2-4-7-11/h10,13H,1-9,12H2. The largest absolute Gasteiger partial charge is 0.330 e. The summed E-state index contributed by atoms with van der Waals surface area (Å²) in [6.45, 7) is 2.08.